The van der Waals surface area contributed by atoms with Gasteiger partial charge in [0.1, 0.15) is 0 Å². The molecule has 0 aromatic rings. The fourth-order valence-corrected chi connectivity index (χ4v) is 2.70. The molecule has 0 heterocycles. The molecule has 1 fully saturated rings. The van der Waals surface area contributed by atoms with Crippen LogP contribution in [0.1, 0.15) is 33.1 Å². The zero-order valence-corrected chi connectivity index (χ0v) is 12.1. The number of sulfonamides is 1. The first-order valence-electron chi connectivity index (χ1n) is 6.17. The van der Waals surface area contributed by atoms with Crippen molar-refractivity contribution in [2.45, 2.75) is 44.7 Å². The SMILES string of the molecule is CC(C)(CNC(=O)CCNC1CC1)NS(C)(=O)=O. The van der Waals surface area contributed by atoms with Crippen molar-refractivity contribution >= 4 is 15.9 Å². The molecule has 7 heteroatoms. The Hall–Kier alpha value is -0.660. The molecule has 1 aliphatic carbocycles. The van der Waals surface area contributed by atoms with E-state index >= 15 is 0 Å². The van der Waals surface area contributed by atoms with Crippen LogP contribution >= 0.6 is 0 Å². The first-order chi connectivity index (χ1) is 8.18. The molecule has 0 saturated heterocycles. The van der Waals surface area contributed by atoms with Crippen molar-refractivity contribution in [1.29, 1.82) is 0 Å². The molecule has 3 N–H and O–H groups in total. The fraction of sp³-hybridized carbons (Fsp3) is 0.909. The summed E-state index contributed by atoms with van der Waals surface area (Å²) in [6.45, 7) is 4.42. The van der Waals surface area contributed by atoms with Gasteiger partial charge in [-0.25, -0.2) is 13.1 Å². The summed E-state index contributed by atoms with van der Waals surface area (Å²) >= 11 is 0. The summed E-state index contributed by atoms with van der Waals surface area (Å²) in [4.78, 5) is 11.5. The van der Waals surface area contributed by atoms with Crippen molar-refractivity contribution in [2.75, 3.05) is 19.3 Å². The van der Waals surface area contributed by atoms with Crippen molar-refractivity contribution in [3.8, 4) is 0 Å². The molecular formula is C11H23N3O3S. The molecule has 0 bridgehead atoms. The number of carbonyl (C=O) groups excluding carboxylic acids is 1. The molecule has 18 heavy (non-hydrogen) atoms. The van der Waals surface area contributed by atoms with Gasteiger partial charge in [-0.1, -0.05) is 0 Å². The Morgan fingerprint density at radius 3 is 2.44 bits per heavy atom. The van der Waals surface area contributed by atoms with Crippen LogP contribution in [0.4, 0.5) is 0 Å². The molecule has 1 aliphatic rings. The summed E-state index contributed by atoms with van der Waals surface area (Å²) in [6.07, 6.45) is 3.93. The summed E-state index contributed by atoms with van der Waals surface area (Å²) in [6, 6.07) is 0.598. The van der Waals surface area contributed by atoms with Gasteiger partial charge >= 0.3 is 0 Å². The third-order valence-corrected chi connectivity index (χ3v) is 3.47. The summed E-state index contributed by atoms with van der Waals surface area (Å²) < 4.78 is 24.7. The van der Waals surface area contributed by atoms with E-state index in [0.717, 1.165) is 6.26 Å². The Morgan fingerprint density at radius 2 is 1.94 bits per heavy atom. The minimum atomic E-state index is -3.26. The topological polar surface area (TPSA) is 87.3 Å². The lowest BCUT2D eigenvalue weighted by Crippen LogP contribution is -2.51. The quantitative estimate of drug-likeness (QED) is 0.562. The molecule has 0 radical (unpaired) electrons. The van der Waals surface area contributed by atoms with E-state index in [0.29, 0.717) is 19.0 Å². The van der Waals surface area contributed by atoms with Crippen LogP contribution in [0.25, 0.3) is 0 Å². The lowest BCUT2D eigenvalue weighted by atomic mass is 10.1. The van der Waals surface area contributed by atoms with Gasteiger partial charge in [0.15, 0.2) is 0 Å². The lowest BCUT2D eigenvalue weighted by molar-refractivity contribution is -0.121. The summed E-state index contributed by atoms with van der Waals surface area (Å²) in [7, 11) is -3.26. The second kappa shape index (κ2) is 5.99. The number of hydrogen-bond acceptors (Lipinski definition) is 4. The molecule has 106 valence electrons. The van der Waals surface area contributed by atoms with E-state index in [1.807, 2.05) is 0 Å². The second-order valence-electron chi connectivity index (χ2n) is 5.51. The largest absolute Gasteiger partial charge is 0.354 e. The van der Waals surface area contributed by atoms with Crippen LogP contribution in [0.2, 0.25) is 0 Å². The van der Waals surface area contributed by atoms with Gasteiger partial charge in [0.2, 0.25) is 15.9 Å². The lowest BCUT2D eigenvalue weighted by Gasteiger charge is -2.25. The summed E-state index contributed by atoms with van der Waals surface area (Å²) in [5.41, 5.74) is -0.673. The molecule has 0 aromatic heterocycles. The Balaban J connectivity index is 2.18. The van der Waals surface area contributed by atoms with Crippen LogP contribution in [0.15, 0.2) is 0 Å². The van der Waals surface area contributed by atoms with E-state index in [1.54, 1.807) is 13.8 Å². The Bertz CT molecular complexity index is 388. The van der Waals surface area contributed by atoms with Gasteiger partial charge < -0.3 is 10.6 Å². The molecule has 0 spiro atoms. The highest BCUT2D eigenvalue weighted by atomic mass is 32.2. The van der Waals surface area contributed by atoms with Crippen LogP contribution < -0.4 is 15.4 Å². The number of hydrogen-bond donors (Lipinski definition) is 3. The van der Waals surface area contributed by atoms with Gasteiger partial charge in [0.25, 0.3) is 0 Å². The minimum Gasteiger partial charge on any atom is -0.354 e. The van der Waals surface area contributed by atoms with Crippen molar-refractivity contribution in [3.05, 3.63) is 0 Å². The molecule has 1 amide bonds. The van der Waals surface area contributed by atoms with Crippen LogP contribution in [-0.2, 0) is 14.8 Å². The van der Waals surface area contributed by atoms with Crippen LogP contribution in [0, 0.1) is 0 Å². The summed E-state index contributed by atoms with van der Waals surface area (Å²) in [5, 5.41) is 5.98. The molecule has 1 saturated carbocycles. The average Bonchev–Trinajstić information content (AvgIpc) is 2.95. The van der Waals surface area contributed by atoms with Gasteiger partial charge in [0, 0.05) is 31.1 Å². The van der Waals surface area contributed by atoms with E-state index < -0.39 is 15.6 Å². The Labute approximate surface area is 109 Å². The summed E-state index contributed by atoms with van der Waals surface area (Å²) in [5.74, 6) is -0.0634. The zero-order valence-electron chi connectivity index (χ0n) is 11.2. The van der Waals surface area contributed by atoms with Crippen LogP contribution in [-0.4, -0.2) is 45.3 Å². The maximum absolute atomic E-state index is 11.5. The third kappa shape index (κ3) is 7.62. The monoisotopic (exact) mass is 277 g/mol. The van der Waals surface area contributed by atoms with Crippen molar-refractivity contribution in [1.82, 2.24) is 15.4 Å². The highest BCUT2D eigenvalue weighted by Gasteiger charge is 2.23. The predicted molar refractivity (Wildman–Crippen MR) is 70.7 cm³/mol. The van der Waals surface area contributed by atoms with Crippen LogP contribution in [0.5, 0.6) is 0 Å². The average molecular weight is 277 g/mol. The molecule has 0 atom stereocenters. The third-order valence-electron chi connectivity index (χ3n) is 2.55. The molecule has 1 rings (SSSR count). The fourth-order valence-electron chi connectivity index (χ4n) is 1.62. The minimum absolute atomic E-state index is 0.0634. The van der Waals surface area contributed by atoms with E-state index in [4.69, 9.17) is 0 Å². The molecular weight excluding hydrogens is 254 g/mol. The van der Waals surface area contributed by atoms with E-state index in [2.05, 4.69) is 15.4 Å². The van der Waals surface area contributed by atoms with E-state index in [-0.39, 0.29) is 12.5 Å². The van der Waals surface area contributed by atoms with E-state index in [9.17, 15) is 13.2 Å². The predicted octanol–water partition coefficient (Wildman–Crippen LogP) is -0.427. The maximum atomic E-state index is 11.5. The number of nitrogens with one attached hydrogen (secondary N) is 3. The number of carbonyl (C=O) groups is 1. The highest BCUT2D eigenvalue weighted by Crippen LogP contribution is 2.18. The first kappa shape index (κ1) is 15.4. The van der Waals surface area contributed by atoms with Crippen molar-refractivity contribution in [2.24, 2.45) is 0 Å². The molecule has 0 aromatic carbocycles. The number of rotatable bonds is 8. The van der Waals surface area contributed by atoms with Gasteiger partial charge in [-0.3, -0.25) is 4.79 Å². The maximum Gasteiger partial charge on any atom is 0.221 e. The van der Waals surface area contributed by atoms with Gasteiger partial charge in [-0.2, -0.15) is 0 Å². The molecule has 0 aliphatic heterocycles. The second-order valence-corrected chi connectivity index (χ2v) is 7.26. The molecule has 0 unspecified atom stereocenters. The van der Waals surface area contributed by atoms with Crippen LogP contribution in [0.3, 0.4) is 0 Å². The van der Waals surface area contributed by atoms with Gasteiger partial charge in [-0.05, 0) is 26.7 Å². The van der Waals surface area contributed by atoms with Crippen molar-refractivity contribution < 1.29 is 13.2 Å². The first-order valence-corrected chi connectivity index (χ1v) is 8.06. The Morgan fingerprint density at radius 1 is 1.33 bits per heavy atom. The Kier molecular flexibility index (Phi) is 5.12. The van der Waals surface area contributed by atoms with E-state index in [1.165, 1.54) is 12.8 Å². The highest BCUT2D eigenvalue weighted by molar-refractivity contribution is 7.88. The van der Waals surface area contributed by atoms with Gasteiger partial charge in [0.05, 0.1) is 6.26 Å². The zero-order chi connectivity index (χ0) is 13.8. The van der Waals surface area contributed by atoms with Crippen molar-refractivity contribution in [3.63, 3.8) is 0 Å². The smallest absolute Gasteiger partial charge is 0.221 e. The molecule has 6 nitrogen and oxygen atoms in total. The number of amides is 1. The van der Waals surface area contributed by atoms with Gasteiger partial charge in [-0.15, -0.1) is 0 Å². The standard InChI is InChI=1S/C11H23N3O3S/c1-11(2,14-18(3,16)17)8-13-10(15)6-7-12-9-4-5-9/h9,12,14H,4-8H2,1-3H3,(H,13,15). The normalized spacial score (nSPS) is 16.6.